The van der Waals surface area contributed by atoms with E-state index >= 15 is 0 Å². The topological polar surface area (TPSA) is 29.1 Å². The van der Waals surface area contributed by atoms with Crippen molar-refractivity contribution in [1.82, 2.24) is 0 Å². The summed E-state index contributed by atoms with van der Waals surface area (Å²) < 4.78 is 0. The van der Waals surface area contributed by atoms with E-state index in [1.54, 1.807) is 6.92 Å². The summed E-state index contributed by atoms with van der Waals surface area (Å²) >= 11 is 4.03. The van der Waals surface area contributed by atoms with Crippen LogP contribution in [0.1, 0.15) is 12.5 Å². The standard InChI is InChI=1S/C10H13NOS/c1-7-3-5-9(6-4-7)11-10(12)8(2)13/h3-6,8,13H,1-2H3,(H,11,12)/t8-/m1/s1. The summed E-state index contributed by atoms with van der Waals surface area (Å²) in [6, 6.07) is 7.67. The maximum atomic E-state index is 11.2. The fraction of sp³-hybridized carbons (Fsp3) is 0.300. The van der Waals surface area contributed by atoms with Gasteiger partial charge in [0.05, 0.1) is 5.25 Å². The van der Waals surface area contributed by atoms with Crippen molar-refractivity contribution in [3.05, 3.63) is 29.8 Å². The maximum Gasteiger partial charge on any atom is 0.236 e. The van der Waals surface area contributed by atoms with E-state index in [-0.39, 0.29) is 11.2 Å². The van der Waals surface area contributed by atoms with Gasteiger partial charge in [-0.15, -0.1) is 0 Å². The zero-order valence-electron chi connectivity index (χ0n) is 7.74. The van der Waals surface area contributed by atoms with E-state index in [1.165, 1.54) is 5.56 Å². The molecule has 0 saturated carbocycles. The minimum absolute atomic E-state index is 0.0767. The molecular weight excluding hydrogens is 182 g/mol. The molecule has 1 aromatic carbocycles. The highest BCUT2D eigenvalue weighted by atomic mass is 32.1. The summed E-state index contributed by atoms with van der Waals surface area (Å²) in [6.07, 6.45) is 0. The van der Waals surface area contributed by atoms with Crippen LogP contribution in [0.25, 0.3) is 0 Å². The highest BCUT2D eigenvalue weighted by Crippen LogP contribution is 2.09. The number of aryl methyl sites for hydroxylation is 1. The Labute approximate surface area is 83.8 Å². The lowest BCUT2D eigenvalue weighted by atomic mass is 10.2. The third-order valence-electron chi connectivity index (χ3n) is 1.70. The first-order valence-electron chi connectivity index (χ1n) is 4.15. The predicted octanol–water partition coefficient (Wildman–Crippen LogP) is 2.25. The quantitative estimate of drug-likeness (QED) is 0.696. The lowest BCUT2D eigenvalue weighted by molar-refractivity contribution is -0.115. The van der Waals surface area contributed by atoms with E-state index in [0.717, 1.165) is 5.69 Å². The number of benzene rings is 1. The Morgan fingerprint density at radius 1 is 1.38 bits per heavy atom. The molecule has 0 saturated heterocycles. The van der Waals surface area contributed by atoms with Gasteiger partial charge in [0.1, 0.15) is 0 Å². The minimum atomic E-state index is -0.277. The number of rotatable bonds is 2. The second-order valence-corrected chi connectivity index (χ2v) is 3.81. The van der Waals surface area contributed by atoms with Gasteiger partial charge in [-0.05, 0) is 26.0 Å². The van der Waals surface area contributed by atoms with Crippen molar-refractivity contribution in [2.45, 2.75) is 19.1 Å². The van der Waals surface area contributed by atoms with Crippen LogP contribution in [0.5, 0.6) is 0 Å². The number of amides is 1. The van der Waals surface area contributed by atoms with Gasteiger partial charge in [-0.1, -0.05) is 17.7 Å². The van der Waals surface area contributed by atoms with E-state index in [1.807, 2.05) is 31.2 Å². The Morgan fingerprint density at radius 2 is 1.92 bits per heavy atom. The van der Waals surface area contributed by atoms with Crippen LogP contribution >= 0.6 is 12.6 Å². The molecule has 1 rings (SSSR count). The number of thiol groups is 1. The molecule has 1 amide bonds. The molecule has 0 fully saturated rings. The van der Waals surface area contributed by atoms with Crippen molar-refractivity contribution in [2.75, 3.05) is 5.32 Å². The average Bonchev–Trinajstić information content (AvgIpc) is 2.08. The SMILES string of the molecule is Cc1ccc(NC(=O)[C@@H](C)S)cc1. The largest absolute Gasteiger partial charge is 0.325 e. The van der Waals surface area contributed by atoms with Gasteiger partial charge < -0.3 is 5.32 Å². The highest BCUT2D eigenvalue weighted by Gasteiger charge is 2.06. The fourth-order valence-electron chi connectivity index (χ4n) is 0.884. The third kappa shape index (κ3) is 3.11. The second kappa shape index (κ2) is 4.33. The molecule has 0 aliphatic rings. The van der Waals surface area contributed by atoms with Crippen LogP contribution < -0.4 is 5.32 Å². The number of anilines is 1. The Kier molecular flexibility index (Phi) is 3.37. The first-order valence-corrected chi connectivity index (χ1v) is 4.67. The molecule has 2 nitrogen and oxygen atoms in total. The molecule has 0 aliphatic carbocycles. The number of hydrogen-bond acceptors (Lipinski definition) is 2. The van der Waals surface area contributed by atoms with Crippen molar-refractivity contribution >= 4 is 24.2 Å². The van der Waals surface area contributed by atoms with Gasteiger partial charge in [0.25, 0.3) is 0 Å². The van der Waals surface area contributed by atoms with Crippen molar-refractivity contribution < 1.29 is 4.79 Å². The zero-order chi connectivity index (χ0) is 9.84. The molecule has 13 heavy (non-hydrogen) atoms. The molecular formula is C10H13NOS. The van der Waals surface area contributed by atoms with Crippen molar-refractivity contribution in [1.29, 1.82) is 0 Å². The molecule has 0 aliphatic heterocycles. The van der Waals surface area contributed by atoms with Gasteiger partial charge in [0.2, 0.25) is 5.91 Å². The van der Waals surface area contributed by atoms with Gasteiger partial charge in [0, 0.05) is 5.69 Å². The maximum absolute atomic E-state index is 11.2. The summed E-state index contributed by atoms with van der Waals surface area (Å²) in [7, 11) is 0. The van der Waals surface area contributed by atoms with Crippen LogP contribution in [-0.4, -0.2) is 11.2 Å². The van der Waals surface area contributed by atoms with E-state index in [2.05, 4.69) is 17.9 Å². The molecule has 1 N–H and O–H groups in total. The molecule has 70 valence electrons. The van der Waals surface area contributed by atoms with E-state index in [4.69, 9.17) is 0 Å². The van der Waals surface area contributed by atoms with Crippen LogP contribution in [-0.2, 0) is 4.79 Å². The molecule has 1 aromatic rings. The second-order valence-electron chi connectivity index (χ2n) is 3.03. The normalized spacial score (nSPS) is 12.2. The Balaban J connectivity index is 2.65. The van der Waals surface area contributed by atoms with E-state index in [0.29, 0.717) is 0 Å². The number of hydrogen-bond donors (Lipinski definition) is 2. The summed E-state index contributed by atoms with van der Waals surface area (Å²) in [6.45, 7) is 3.75. The summed E-state index contributed by atoms with van der Waals surface area (Å²) in [4.78, 5) is 11.2. The zero-order valence-corrected chi connectivity index (χ0v) is 8.64. The molecule has 0 unspecified atom stereocenters. The van der Waals surface area contributed by atoms with E-state index < -0.39 is 0 Å². The minimum Gasteiger partial charge on any atom is -0.325 e. The van der Waals surface area contributed by atoms with Crippen LogP contribution in [0.4, 0.5) is 5.69 Å². The average molecular weight is 195 g/mol. The number of carbonyl (C=O) groups is 1. The molecule has 0 heterocycles. The van der Waals surface area contributed by atoms with Crippen LogP contribution in [0.15, 0.2) is 24.3 Å². The Hall–Kier alpha value is -0.960. The lowest BCUT2D eigenvalue weighted by Crippen LogP contribution is -2.20. The predicted molar refractivity (Wildman–Crippen MR) is 58.3 cm³/mol. The molecule has 1 atom stereocenters. The molecule has 3 heteroatoms. The van der Waals surface area contributed by atoms with Crippen LogP contribution in [0, 0.1) is 6.92 Å². The first-order chi connectivity index (χ1) is 6.09. The van der Waals surface area contributed by atoms with Crippen LogP contribution in [0.2, 0.25) is 0 Å². The monoisotopic (exact) mass is 195 g/mol. The molecule has 0 aromatic heterocycles. The van der Waals surface area contributed by atoms with Gasteiger partial charge in [-0.3, -0.25) is 4.79 Å². The number of nitrogens with one attached hydrogen (secondary N) is 1. The molecule has 0 radical (unpaired) electrons. The van der Waals surface area contributed by atoms with Crippen molar-refractivity contribution in [3.8, 4) is 0 Å². The van der Waals surface area contributed by atoms with E-state index in [9.17, 15) is 4.79 Å². The van der Waals surface area contributed by atoms with Gasteiger partial charge in [0.15, 0.2) is 0 Å². The molecule has 0 spiro atoms. The lowest BCUT2D eigenvalue weighted by Gasteiger charge is -2.06. The van der Waals surface area contributed by atoms with Gasteiger partial charge in [-0.25, -0.2) is 0 Å². The smallest absolute Gasteiger partial charge is 0.236 e. The van der Waals surface area contributed by atoms with Crippen molar-refractivity contribution in [3.63, 3.8) is 0 Å². The number of carbonyl (C=O) groups excluding carboxylic acids is 1. The Morgan fingerprint density at radius 3 is 2.38 bits per heavy atom. The van der Waals surface area contributed by atoms with Crippen LogP contribution in [0.3, 0.4) is 0 Å². The van der Waals surface area contributed by atoms with Crippen molar-refractivity contribution in [2.24, 2.45) is 0 Å². The third-order valence-corrected chi connectivity index (χ3v) is 1.93. The summed E-state index contributed by atoms with van der Waals surface area (Å²) in [5.74, 6) is -0.0767. The summed E-state index contributed by atoms with van der Waals surface area (Å²) in [5, 5.41) is 2.48. The van der Waals surface area contributed by atoms with Gasteiger partial charge in [-0.2, -0.15) is 12.6 Å². The first kappa shape index (κ1) is 10.1. The van der Waals surface area contributed by atoms with Gasteiger partial charge >= 0.3 is 0 Å². The molecule has 0 bridgehead atoms. The Bertz CT molecular complexity index is 292. The fourth-order valence-corrected chi connectivity index (χ4v) is 0.948. The summed E-state index contributed by atoms with van der Waals surface area (Å²) in [5.41, 5.74) is 1.99. The highest BCUT2D eigenvalue weighted by molar-refractivity contribution is 7.81.